The molecule has 3 rings (SSSR count). The molecular formula is C22H34N2O. The van der Waals surface area contributed by atoms with Crippen LogP contribution in [0.25, 0.3) is 0 Å². The molecule has 0 spiro atoms. The Bertz CT molecular complexity index is 616. The van der Waals surface area contributed by atoms with E-state index in [2.05, 4.69) is 56.1 Å². The maximum Gasteiger partial charge on any atom is 0.241 e. The number of nitrogens with zero attached hydrogens (tertiary/aromatic N) is 1. The van der Waals surface area contributed by atoms with Crippen molar-refractivity contribution in [3.8, 4) is 0 Å². The van der Waals surface area contributed by atoms with Gasteiger partial charge in [-0.15, -0.1) is 0 Å². The van der Waals surface area contributed by atoms with Gasteiger partial charge in [0.05, 0.1) is 6.54 Å². The predicted octanol–water partition coefficient (Wildman–Crippen LogP) is 4.78. The molecule has 0 saturated heterocycles. The van der Waals surface area contributed by atoms with Crippen molar-refractivity contribution in [3.05, 3.63) is 29.3 Å². The van der Waals surface area contributed by atoms with Gasteiger partial charge in [0.15, 0.2) is 0 Å². The van der Waals surface area contributed by atoms with Gasteiger partial charge in [0, 0.05) is 11.2 Å². The number of rotatable bonds is 4. The van der Waals surface area contributed by atoms with Gasteiger partial charge < -0.3 is 10.2 Å². The third kappa shape index (κ3) is 4.08. The summed E-state index contributed by atoms with van der Waals surface area (Å²) in [4.78, 5) is 15.1. The summed E-state index contributed by atoms with van der Waals surface area (Å²) in [7, 11) is 0. The molecule has 1 fully saturated rings. The van der Waals surface area contributed by atoms with Crippen molar-refractivity contribution in [3.63, 3.8) is 0 Å². The van der Waals surface area contributed by atoms with E-state index < -0.39 is 0 Å². The molecule has 0 bridgehead atoms. The normalized spacial score (nSPS) is 23.4. The SMILES string of the molecule is Cc1ccc2c(c1)[C@@H](C)CC(C)(C)N2C(=O)CNCC1CCCCC1. The number of benzene rings is 1. The van der Waals surface area contributed by atoms with Gasteiger partial charge >= 0.3 is 0 Å². The van der Waals surface area contributed by atoms with Crippen LogP contribution in [-0.2, 0) is 4.79 Å². The molecule has 0 radical (unpaired) electrons. The number of aryl methyl sites for hydroxylation is 1. The molecule has 138 valence electrons. The molecular weight excluding hydrogens is 308 g/mol. The molecule has 3 nitrogen and oxygen atoms in total. The topological polar surface area (TPSA) is 32.3 Å². The van der Waals surface area contributed by atoms with Crippen molar-refractivity contribution in [1.29, 1.82) is 0 Å². The standard InChI is InChI=1S/C22H34N2O/c1-16-10-11-20-19(12-16)17(2)13-22(3,4)24(20)21(25)15-23-14-18-8-6-5-7-9-18/h10-12,17-18,23H,5-9,13-15H2,1-4H3/t17-/m0/s1. The Labute approximate surface area is 153 Å². The van der Waals surface area contributed by atoms with E-state index in [0.29, 0.717) is 12.5 Å². The van der Waals surface area contributed by atoms with Crippen LogP contribution in [0, 0.1) is 12.8 Å². The van der Waals surface area contributed by atoms with E-state index in [9.17, 15) is 4.79 Å². The van der Waals surface area contributed by atoms with E-state index in [0.717, 1.165) is 24.6 Å². The van der Waals surface area contributed by atoms with Gasteiger partial charge in [0.25, 0.3) is 0 Å². The highest BCUT2D eigenvalue weighted by Gasteiger charge is 2.39. The molecule has 1 aliphatic carbocycles. The summed E-state index contributed by atoms with van der Waals surface area (Å²) >= 11 is 0. The molecule has 1 aliphatic heterocycles. The highest BCUT2D eigenvalue weighted by Crippen LogP contribution is 2.43. The number of fused-ring (bicyclic) bond motifs is 1. The van der Waals surface area contributed by atoms with Crippen LogP contribution >= 0.6 is 0 Å². The number of carbonyl (C=O) groups excluding carboxylic acids is 1. The first kappa shape index (κ1) is 18.4. The average Bonchev–Trinajstić information content (AvgIpc) is 2.56. The van der Waals surface area contributed by atoms with Crippen LogP contribution in [0.3, 0.4) is 0 Å². The summed E-state index contributed by atoms with van der Waals surface area (Å²) in [6.45, 7) is 10.2. The minimum Gasteiger partial charge on any atom is -0.308 e. The summed E-state index contributed by atoms with van der Waals surface area (Å²) in [5.74, 6) is 1.45. The molecule has 1 aromatic rings. The lowest BCUT2D eigenvalue weighted by atomic mass is 9.79. The largest absolute Gasteiger partial charge is 0.308 e. The Morgan fingerprint density at radius 1 is 1.24 bits per heavy atom. The molecule has 1 aromatic carbocycles. The Morgan fingerprint density at radius 3 is 2.68 bits per heavy atom. The third-order valence-corrected chi connectivity index (χ3v) is 6.05. The van der Waals surface area contributed by atoms with Gasteiger partial charge in [0.1, 0.15) is 0 Å². The van der Waals surface area contributed by atoms with Gasteiger partial charge in [-0.25, -0.2) is 0 Å². The van der Waals surface area contributed by atoms with Crippen molar-refractivity contribution >= 4 is 11.6 Å². The highest BCUT2D eigenvalue weighted by molar-refractivity contribution is 5.97. The second kappa shape index (κ2) is 7.49. The molecule has 1 atom stereocenters. The first-order chi connectivity index (χ1) is 11.9. The lowest BCUT2D eigenvalue weighted by Crippen LogP contribution is -2.54. The number of anilines is 1. The fourth-order valence-corrected chi connectivity index (χ4v) is 4.87. The number of carbonyl (C=O) groups is 1. The van der Waals surface area contributed by atoms with Crippen LogP contribution in [0.2, 0.25) is 0 Å². The van der Waals surface area contributed by atoms with Crippen LogP contribution < -0.4 is 10.2 Å². The van der Waals surface area contributed by atoms with Crippen molar-refractivity contribution in [2.45, 2.75) is 77.7 Å². The molecule has 1 amide bonds. The van der Waals surface area contributed by atoms with E-state index in [1.54, 1.807) is 0 Å². The molecule has 0 aromatic heterocycles. The summed E-state index contributed by atoms with van der Waals surface area (Å²) in [6, 6.07) is 6.52. The molecule has 1 saturated carbocycles. The Hall–Kier alpha value is -1.35. The van der Waals surface area contributed by atoms with Gasteiger partial charge in [-0.2, -0.15) is 0 Å². The van der Waals surface area contributed by atoms with Crippen LogP contribution in [0.1, 0.15) is 76.3 Å². The maximum absolute atomic E-state index is 13.1. The van der Waals surface area contributed by atoms with Gasteiger partial charge in [-0.1, -0.05) is 43.9 Å². The van der Waals surface area contributed by atoms with Crippen molar-refractivity contribution < 1.29 is 4.79 Å². The maximum atomic E-state index is 13.1. The second-order valence-electron chi connectivity index (χ2n) is 8.84. The van der Waals surface area contributed by atoms with Crippen LogP contribution in [0.4, 0.5) is 5.69 Å². The van der Waals surface area contributed by atoms with Crippen LogP contribution in [-0.4, -0.2) is 24.5 Å². The Morgan fingerprint density at radius 2 is 1.96 bits per heavy atom. The first-order valence-electron chi connectivity index (χ1n) is 10.0. The third-order valence-electron chi connectivity index (χ3n) is 6.05. The van der Waals surface area contributed by atoms with Crippen LogP contribution in [0.15, 0.2) is 18.2 Å². The van der Waals surface area contributed by atoms with Gasteiger partial charge in [-0.05, 0) is 70.0 Å². The van der Waals surface area contributed by atoms with Gasteiger partial charge in [-0.3, -0.25) is 4.79 Å². The second-order valence-corrected chi connectivity index (χ2v) is 8.84. The molecule has 2 aliphatic rings. The number of hydrogen-bond acceptors (Lipinski definition) is 2. The van der Waals surface area contributed by atoms with E-state index >= 15 is 0 Å². The lowest BCUT2D eigenvalue weighted by molar-refractivity contribution is -0.119. The van der Waals surface area contributed by atoms with E-state index in [-0.39, 0.29) is 11.4 Å². The van der Waals surface area contributed by atoms with E-state index in [1.807, 2.05) is 0 Å². The first-order valence-corrected chi connectivity index (χ1v) is 10.0. The average molecular weight is 343 g/mol. The zero-order valence-corrected chi connectivity index (χ0v) is 16.4. The zero-order chi connectivity index (χ0) is 18.0. The summed E-state index contributed by atoms with van der Waals surface area (Å²) in [6.07, 6.45) is 7.73. The minimum atomic E-state index is -0.134. The molecule has 1 N–H and O–H groups in total. The minimum absolute atomic E-state index is 0.134. The Kier molecular flexibility index (Phi) is 5.52. The molecule has 1 heterocycles. The smallest absolute Gasteiger partial charge is 0.241 e. The number of hydrogen-bond donors (Lipinski definition) is 1. The predicted molar refractivity (Wildman–Crippen MR) is 105 cm³/mol. The summed E-state index contributed by atoms with van der Waals surface area (Å²) < 4.78 is 0. The van der Waals surface area contributed by atoms with Crippen LogP contribution in [0.5, 0.6) is 0 Å². The van der Waals surface area contributed by atoms with Crippen molar-refractivity contribution in [2.24, 2.45) is 5.92 Å². The highest BCUT2D eigenvalue weighted by atomic mass is 16.2. The fraction of sp³-hybridized carbons (Fsp3) is 0.682. The number of amides is 1. The van der Waals surface area contributed by atoms with Gasteiger partial charge in [0.2, 0.25) is 5.91 Å². The van der Waals surface area contributed by atoms with Crippen molar-refractivity contribution in [2.75, 3.05) is 18.0 Å². The van der Waals surface area contributed by atoms with E-state index in [1.165, 1.54) is 43.2 Å². The molecule has 3 heteroatoms. The quantitative estimate of drug-likeness (QED) is 0.854. The van der Waals surface area contributed by atoms with E-state index in [4.69, 9.17) is 0 Å². The fourth-order valence-electron chi connectivity index (χ4n) is 4.87. The monoisotopic (exact) mass is 342 g/mol. The Balaban J connectivity index is 1.70. The zero-order valence-electron chi connectivity index (χ0n) is 16.4. The van der Waals surface area contributed by atoms with Crippen molar-refractivity contribution in [1.82, 2.24) is 5.32 Å². The summed E-state index contributed by atoms with van der Waals surface area (Å²) in [5, 5.41) is 3.45. The lowest BCUT2D eigenvalue weighted by Gasteiger charge is -2.46. The molecule has 25 heavy (non-hydrogen) atoms. The summed E-state index contributed by atoms with van der Waals surface area (Å²) in [5.41, 5.74) is 3.57. The molecule has 0 unspecified atom stereocenters. The number of nitrogens with one attached hydrogen (secondary N) is 1.